The molecule has 0 saturated heterocycles. The number of nitriles is 1. The maximum Gasteiger partial charge on any atom is 0.273 e. The second kappa shape index (κ2) is 10.6. The summed E-state index contributed by atoms with van der Waals surface area (Å²) in [5.74, 6) is -1.40. The van der Waals surface area contributed by atoms with Crippen molar-refractivity contribution in [1.29, 1.82) is 5.26 Å². The highest BCUT2D eigenvalue weighted by Crippen LogP contribution is 2.24. The summed E-state index contributed by atoms with van der Waals surface area (Å²) in [6.45, 7) is 0.392. The van der Waals surface area contributed by atoms with Crippen molar-refractivity contribution in [3.63, 3.8) is 0 Å². The van der Waals surface area contributed by atoms with Gasteiger partial charge in [-0.05, 0) is 30.3 Å². The zero-order chi connectivity index (χ0) is 23.3. The van der Waals surface area contributed by atoms with Gasteiger partial charge in [0.05, 0.1) is 16.8 Å². The molecule has 0 aliphatic carbocycles. The van der Waals surface area contributed by atoms with Crippen LogP contribution >= 0.6 is 34.5 Å². The lowest BCUT2D eigenvalue weighted by Gasteiger charge is -2.06. The first kappa shape index (κ1) is 23.7. The molecule has 32 heavy (non-hydrogen) atoms. The number of amides is 1. The number of thiazole rings is 1. The highest BCUT2D eigenvalue weighted by molar-refractivity contribution is 7.07. The standard InChI is InChI=1S/C22H16Cl2FN3O3S/c1-31-10-9-27-20(29)14(12-26)22-28(18-8-3-2-7-17(18)25)21(30)19(32-22)11-13-15(23)5-4-6-16(13)24/h2-8,11H,9-10H2,1H3,(H,27,29)/b19-11-,22-14-. The zero-order valence-electron chi connectivity index (χ0n) is 16.7. The van der Waals surface area contributed by atoms with Gasteiger partial charge in [-0.1, -0.05) is 41.4 Å². The molecule has 0 fully saturated rings. The topological polar surface area (TPSA) is 84.1 Å². The van der Waals surface area contributed by atoms with E-state index in [4.69, 9.17) is 27.9 Å². The first-order valence-corrected chi connectivity index (χ1v) is 10.8. The number of carbonyl (C=O) groups is 1. The number of aromatic nitrogens is 1. The van der Waals surface area contributed by atoms with Crippen LogP contribution in [0.2, 0.25) is 10.0 Å². The summed E-state index contributed by atoms with van der Waals surface area (Å²) in [7, 11) is 1.47. The molecule has 0 aliphatic heterocycles. The Morgan fingerprint density at radius 1 is 1.25 bits per heavy atom. The SMILES string of the molecule is COCCNC(=O)/C(C#N)=c1\s/c(=C\c2c(Cl)cccc2Cl)c(=O)n1-c1ccccc1F. The van der Waals surface area contributed by atoms with E-state index in [0.717, 1.165) is 15.9 Å². The van der Waals surface area contributed by atoms with E-state index >= 15 is 0 Å². The fourth-order valence-electron chi connectivity index (χ4n) is 2.83. The fourth-order valence-corrected chi connectivity index (χ4v) is 4.42. The first-order valence-electron chi connectivity index (χ1n) is 9.23. The molecule has 1 N–H and O–H groups in total. The van der Waals surface area contributed by atoms with Gasteiger partial charge in [-0.2, -0.15) is 5.26 Å². The van der Waals surface area contributed by atoms with E-state index in [0.29, 0.717) is 15.6 Å². The summed E-state index contributed by atoms with van der Waals surface area (Å²) in [5, 5.41) is 12.9. The monoisotopic (exact) mass is 491 g/mol. The third-order valence-corrected chi connectivity index (χ3v) is 6.09. The van der Waals surface area contributed by atoms with Crippen LogP contribution in [0.3, 0.4) is 0 Å². The van der Waals surface area contributed by atoms with Crippen LogP contribution in [0.4, 0.5) is 4.39 Å². The minimum Gasteiger partial charge on any atom is -0.383 e. The molecular formula is C22H16Cl2FN3O3S. The number of halogens is 3. The van der Waals surface area contributed by atoms with Crippen LogP contribution in [0, 0.1) is 17.1 Å². The van der Waals surface area contributed by atoms with E-state index in [9.17, 15) is 19.2 Å². The van der Waals surface area contributed by atoms with E-state index in [1.807, 2.05) is 6.07 Å². The normalized spacial score (nSPS) is 12.4. The molecule has 0 atom stereocenters. The molecule has 0 bridgehead atoms. The number of methoxy groups -OCH3 is 1. The number of hydrogen-bond donors (Lipinski definition) is 1. The van der Waals surface area contributed by atoms with Crippen molar-refractivity contribution >= 4 is 52.1 Å². The first-order chi connectivity index (χ1) is 15.4. The number of hydrogen-bond acceptors (Lipinski definition) is 5. The Morgan fingerprint density at radius 2 is 1.94 bits per heavy atom. The van der Waals surface area contributed by atoms with Crippen LogP contribution in [-0.2, 0) is 9.53 Å². The van der Waals surface area contributed by atoms with Crippen molar-refractivity contribution in [2.45, 2.75) is 0 Å². The number of nitrogens with zero attached hydrogens (tertiary/aromatic N) is 2. The second-order valence-electron chi connectivity index (χ2n) is 6.38. The Labute approximate surface area is 196 Å². The Morgan fingerprint density at radius 3 is 2.56 bits per heavy atom. The van der Waals surface area contributed by atoms with Crippen LogP contribution < -0.4 is 20.1 Å². The summed E-state index contributed by atoms with van der Waals surface area (Å²) in [6.07, 6.45) is 1.45. The maximum atomic E-state index is 14.6. The molecule has 0 unspecified atom stereocenters. The van der Waals surface area contributed by atoms with Crippen LogP contribution in [0.15, 0.2) is 47.3 Å². The van der Waals surface area contributed by atoms with E-state index < -0.39 is 17.3 Å². The molecule has 0 spiro atoms. The smallest absolute Gasteiger partial charge is 0.273 e. The predicted octanol–water partition coefficient (Wildman–Crippen LogP) is 2.61. The number of rotatable bonds is 6. The molecule has 3 rings (SSSR count). The van der Waals surface area contributed by atoms with Crippen molar-refractivity contribution in [3.8, 4) is 11.8 Å². The fraction of sp³-hybridized carbons (Fsp3) is 0.136. The van der Waals surface area contributed by atoms with Gasteiger partial charge >= 0.3 is 0 Å². The van der Waals surface area contributed by atoms with E-state index in [-0.39, 0.29) is 33.6 Å². The molecule has 1 aromatic heterocycles. The van der Waals surface area contributed by atoms with Gasteiger partial charge in [-0.3, -0.25) is 14.2 Å². The molecule has 10 heteroatoms. The minimum atomic E-state index is -0.710. The van der Waals surface area contributed by atoms with Gasteiger partial charge in [0.25, 0.3) is 11.5 Å². The van der Waals surface area contributed by atoms with Gasteiger partial charge in [0.1, 0.15) is 16.5 Å². The van der Waals surface area contributed by atoms with Gasteiger partial charge in [0.2, 0.25) is 0 Å². The molecular weight excluding hydrogens is 476 g/mol. The lowest BCUT2D eigenvalue weighted by molar-refractivity contribution is -0.115. The van der Waals surface area contributed by atoms with Crippen molar-refractivity contribution in [3.05, 3.63) is 83.4 Å². The van der Waals surface area contributed by atoms with Crippen LogP contribution in [0.5, 0.6) is 0 Å². The van der Waals surface area contributed by atoms with Gasteiger partial charge in [0, 0.05) is 29.3 Å². The van der Waals surface area contributed by atoms with Crippen LogP contribution in [0.1, 0.15) is 5.56 Å². The van der Waals surface area contributed by atoms with Crippen molar-refractivity contribution < 1.29 is 13.9 Å². The highest BCUT2D eigenvalue weighted by atomic mass is 35.5. The largest absolute Gasteiger partial charge is 0.383 e. The number of ether oxygens (including phenoxy) is 1. The van der Waals surface area contributed by atoms with Gasteiger partial charge < -0.3 is 10.1 Å². The number of benzene rings is 2. The lowest BCUT2D eigenvalue weighted by atomic mass is 10.2. The summed E-state index contributed by atoms with van der Waals surface area (Å²) in [4.78, 5) is 25.9. The molecule has 3 aromatic rings. The molecule has 2 aromatic carbocycles. The molecule has 6 nitrogen and oxygen atoms in total. The Balaban J connectivity index is 2.37. The number of carbonyl (C=O) groups excluding carboxylic acids is 1. The predicted molar refractivity (Wildman–Crippen MR) is 123 cm³/mol. The number of nitrogens with one attached hydrogen (secondary N) is 1. The van der Waals surface area contributed by atoms with Gasteiger partial charge in [0.15, 0.2) is 5.57 Å². The Hall–Kier alpha value is -2.96. The van der Waals surface area contributed by atoms with Gasteiger partial charge in [-0.25, -0.2) is 4.39 Å². The Bertz CT molecular complexity index is 1370. The quantitative estimate of drug-likeness (QED) is 0.537. The molecule has 0 aliphatic rings. The summed E-state index contributed by atoms with van der Waals surface area (Å²) >= 11 is 13.3. The summed E-state index contributed by atoms with van der Waals surface area (Å²) in [6, 6.07) is 12.3. The summed E-state index contributed by atoms with van der Waals surface area (Å²) < 4.78 is 20.6. The van der Waals surface area contributed by atoms with E-state index in [2.05, 4.69) is 5.32 Å². The van der Waals surface area contributed by atoms with Crippen LogP contribution in [-0.4, -0.2) is 30.7 Å². The third-order valence-electron chi connectivity index (χ3n) is 4.34. The van der Waals surface area contributed by atoms with Crippen molar-refractivity contribution in [2.75, 3.05) is 20.3 Å². The Kier molecular flexibility index (Phi) is 7.83. The van der Waals surface area contributed by atoms with Crippen LogP contribution in [0.25, 0.3) is 17.3 Å². The maximum absolute atomic E-state index is 14.6. The van der Waals surface area contributed by atoms with Gasteiger partial charge in [-0.15, -0.1) is 11.3 Å². The van der Waals surface area contributed by atoms with Crippen molar-refractivity contribution in [1.82, 2.24) is 9.88 Å². The minimum absolute atomic E-state index is 0.0213. The molecule has 1 heterocycles. The average Bonchev–Trinajstić information content (AvgIpc) is 3.07. The lowest BCUT2D eigenvalue weighted by Crippen LogP contribution is -2.35. The average molecular weight is 492 g/mol. The second-order valence-corrected chi connectivity index (χ2v) is 8.22. The zero-order valence-corrected chi connectivity index (χ0v) is 19.0. The highest BCUT2D eigenvalue weighted by Gasteiger charge is 2.18. The molecule has 1 amide bonds. The number of para-hydroxylation sites is 1. The van der Waals surface area contributed by atoms with E-state index in [1.165, 1.54) is 31.4 Å². The molecule has 164 valence electrons. The third kappa shape index (κ3) is 4.92. The molecule has 0 radical (unpaired) electrons. The van der Waals surface area contributed by atoms with Crippen molar-refractivity contribution in [2.24, 2.45) is 0 Å². The molecule has 0 saturated carbocycles. The summed E-state index contributed by atoms with van der Waals surface area (Å²) in [5.41, 5.74) is -0.657. The van der Waals surface area contributed by atoms with E-state index in [1.54, 1.807) is 24.3 Å².